The van der Waals surface area contributed by atoms with Crippen molar-refractivity contribution in [1.82, 2.24) is 10.2 Å². The zero-order chi connectivity index (χ0) is 18.9. The SMILES string of the molecule is O=C(Nc1nnc(-c2ccc(C(F)(F)F)cc2)o1)c1c(F)cccc1F. The van der Waals surface area contributed by atoms with E-state index in [1.54, 1.807) is 0 Å². The molecule has 0 radical (unpaired) electrons. The Balaban J connectivity index is 1.79. The third-order valence-corrected chi connectivity index (χ3v) is 3.29. The average molecular weight is 369 g/mol. The molecule has 0 saturated carbocycles. The van der Waals surface area contributed by atoms with Gasteiger partial charge < -0.3 is 4.42 Å². The molecule has 0 atom stereocenters. The van der Waals surface area contributed by atoms with Crippen molar-refractivity contribution >= 4 is 11.9 Å². The van der Waals surface area contributed by atoms with Gasteiger partial charge in [-0.3, -0.25) is 10.1 Å². The van der Waals surface area contributed by atoms with Crippen molar-refractivity contribution in [2.24, 2.45) is 0 Å². The normalized spacial score (nSPS) is 11.4. The summed E-state index contributed by atoms with van der Waals surface area (Å²) in [5, 5.41) is 9.07. The predicted octanol–water partition coefficient (Wildman–Crippen LogP) is 4.29. The zero-order valence-corrected chi connectivity index (χ0v) is 12.6. The van der Waals surface area contributed by atoms with Crippen molar-refractivity contribution in [3.8, 4) is 11.5 Å². The third kappa shape index (κ3) is 3.53. The van der Waals surface area contributed by atoms with Gasteiger partial charge in [-0.25, -0.2) is 8.78 Å². The fourth-order valence-corrected chi connectivity index (χ4v) is 2.07. The molecule has 5 nitrogen and oxygen atoms in total. The predicted molar refractivity (Wildman–Crippen MR) is 79.0 cm³/mol. The van der Waals surface area contributed by atoms with Gasteiger partial charge >= 0.3 is 12.2 Å². The topological polar surface area (TPSA) is 68.0 Å². The lowest BCUT2D eigenvalue weighted by molar-refractivity contribution is -0.137. The number of nitrogens with one attached hydrogen (secondary N) is 1. The molecule has 1 heterocycles. The number of carbonyl (C=O) groups is 1. The van der Waals surface area contributed by atoms with Crippen molar-refractivity contribution in [3.05, 3.63) is 65.2 Å². The van der Waals surface area contributed by atoms with Gasteiger partial charge in [0, 0.05) is 5.56 Å². The van der Waals surface area contributed by atoms with Crippen molar-refractivity contribution in [2.75, 3.05) is 5.32 Å². The maximum Gasteiger partial charge on any atom is 0.416 e. The van der Waals surface area contributed by atoms with E-state index in [9.17, 15) is 26.7 Å². The van der Waals surface area contributed by atoms with Crippen LogP contribution in [-0.4, -0.2) is 16.1 Å². The molecule has 0 aliphatic heterocycles. The molecule has 3 rings (SSSR count). The molecule has 0 spiro atoms. The van der Waals surface area contributed by atoms with E-state index in [2.05, 4.69) is 10.2 Å². The van der Waals surface area contributed by atoms with Gasteiger partial charge in [-0.15, -0.1) is 5.10 Å². The van der Waals surface area contributed by atoms with Crippen molar-refractivity contribution in [1.29, 1.82) is 0 Å². The first-order valence-corrected chi connectivity index (χ1v) is 7.02. The number of rotatable bonds is 3. The second kappa shape index (κ2) is 6.54. The van der Waals surface area contributed by atoms with Gasteiger partial charge in [0.05, 0.1) is 5.56 Å². The number of anilines is 1. The summed E-state index contributed by atoms with van der Waals surface area (Å²) in [6.07, 6.45) is -4.49. The van der Waals surface area contributed by atoms with Crippen LogP contribution in [0.5, 0.6) is 0 Å². The Labute approximate surface area is 142 Å². The van der Waals surface area contributed by atoms with E-state index in [1.165, 1.54) is 0 Å². The molecule has 0 bridgehead atoms. The van der Waals surface area contributed by atoms with Crippen LogP contribution in [0.4, 0.5) is 28.0 Å². The van der Waals surface area contributed by atoms with Crippen molar-refractivity contribution in [2.45, 2.75) is 6.18 Å². The summed E-state index contributed by atoms with van der Waals surface area (Å²) in [7, 11) is 0. The Morgan fingerprint density at radius 3 is 2.15 bits per heavy atom. The summed E-state index contributed by atoms with van der Waals surface area (Å²) in [5.74, 6) is -3.48. The quantitative estimate of drug-likeness (QED) is 0.700. The number of amides is 1. The van der Waals surface area contributed by atoms with E-state index in [0.717, 1.165) is 42.5 Å². The lowest BCUT2D eigenvalue weighted by Gasteiger charge is -2.06. The molecule has 26 heavy (non-hydrogen) atoms. The van der Waals surface area contributed by atoms with Crippen molar-refractivity contribution < 1.29 is 31.2 Å². The third-order valence-electron chi connectivity index (χ3n) is 3.29. The van der Waals surface area contributed by atoms with E-state index in [4.69, 9.17) is 4.42 Å². The maximum absolute atomic E-state index is 13.5. The molecule has 0 unspecified atom stereocenters. The molecule has 3 aromatic rings. The Morgan fingerprint density at radius 2 is 1.58 bits per heavy atom. The Kier molecular flexibility index (Phi) is 4.41. The van der Waals surface area contributed by atoms with Crippen LogP contribution in [0, 0.1) is 11.6 Å². The number of alkyl halides is 3. The molecule has 1 N–H and O–H groups in total. The lowest BCUT2D eigenvalue weighted by Crippen LogP contribution is -2.16. The van der Waals surface area contributed by atoms with Gasteiger partial charge in [0.2, 0.25) is 5.89 Å². The number of benzene rings is 2. The van der Waals surface area contributed by atoms with Crippen LogP contribution in [0.15, 0.2) is 46.9 Å². The number of halogens is 5. The summed E-state index contributed by atoms with van der Waals surface area (Å²) in [6.45, 7) is 0. The molecule has 0 aliphatic carbocycles. The molecule has 1 amide bonds. The van der Waals surface area contributed by atoms with E-state index in [0.29, 0.717) is 0 Å². The fourth-order valence-electron chi connectivity index (χ4n) is 2.07. The van der Waals surface area contributed by atoms with E-state index < -0.39 is 40.9 Å². The van der Waals surface area contributed by atoms with E-state index >= 15 is 0 Å². The highest BCUT2D eigenvalue weighted by atomic mass is 19.4. The zero-order valence-electron chi connectivity index (χ0n) is 12.6. The summed E-state index contributed by atoms with van der Waals surface area (Å²) in [5.41, 5.74) is -1.52. The Morgan fingerprint density at radius 1 is 0.962 bits per heavy atom. The summed E-state index contributed by atoms with van der Waals surface area (Å²) in [6, 6.07) is 6.30. The van der Waals surface area contributed by atoms with E-state index in [-0.39, 0.29) is 11.5 Å². The lowest BCUT2D eigenvalue weighted by atomic mass is 10.1. The Hall–Kier alpha value is -3.30. The Bertz CT molecular complexity index is 931. The molecule has 0 saturated heterocycles. The summed E-state index contributed by atoms with van der Waals surface area (Å²) < 4.78 is 69.8. The summed E-state index contributed by atoms with van der Waals surface area (Å²) >= 11 is 0. The van der Waals surface area contributed by atoms with Crippen LogP contribution in [-0.2, 0) is 6.18 Å². The minimum absolute atomic E-state index is 0.170. The van der Waals surface area contributed by atoms with Gasteiger partial charge in [-0.2, -0.15) is 13.2 Å². The van der Waals surface area contributed by atoms with Gasteiger partial charge in [-0.1, -0.05) is 11.2 Å². The minimum atomic E-state index is -4.49. The van der Waals surface area contributed by atoms with Gasteiger partial charge in [0.15, 0.2) is 0 Å². The second-order valence-electron chi connectivity index (χ2n) is 5.04. The second-order valence-corrected chi connectivity index (χ2v) is 5.04. The molecule has 0 aliphatic rings. The average Bonchev–Trinajstić information content (AvgIpc) is 3.02. The molecule has 0 fully saturated rings. The van der Waals surface area contributed by atoms with Crippen LogP contribution >= 0.6 is 0 Å². The van der Waals surface area contributed by atoms with Crippen LogP contribution in [0.25, 0.3) is 11.5 Å². The fraction of sp³-hybridized carbons (Fsp3) is 0.0625. The largest absolute Gasteiger partial charge is 0.416 e. The molecular weight excluding hydrogens is 361 g/mol. The van der Waals surface area contributed by atoms with Gasteiger partial charge in [0.1, 0.15) is 17.2 Å². The van der Waals surface area contributed by atoms with Gasteiger partial charge in [0.25, 0.3) is 5.91 Å². The number of hydrogen-bond donors (Lipinski definition) is 1. The van der Waals surface area contributed by atoms with Crippen LogP contribution < -0.4 is 5.32 Å². The van der Waals surface area contributed by atoms with Gasteiger partial charge in [-0.05, 0) is 36.4 Å². The number of carbonyl (C=O) groups excluding carboxylic acids is 1. The first-order valence-electron chi connectivity index (χ1n) is 7.02. The highest BCUT2D eigenvalue weighted by Gasteiger charge is 2.30. The summed E-state index contributed by atoms with van der Waals surface area (Å²) in [4.78, 5) is 11.9. The first-order chi connectivity index (χ1) is 12.3. The standard InChI is InChI=1S/C16H8F5N3O2/c17-10-2-1-3-11(18)12(10)13(25)22-15-24-23-14(26-15)8-4-6-9(7-5-8)16(19,20)21/h1-7H,(H,22,24,25). The number of aromatic nitrogens is 2. The highest BCUT2D eigenvalue weighted by molar-refractivity contribution is 6.03. The van der Waals surface area contributed by atoms with Crippen LogP contribution in [0.1, 0.15) is 15.9 Å². The molecular formula is C16H8F5N3O2. The number of nitrogens with zero attached hydrogens (tertiary/aromatic N) is 2. The highest BCUT2D eigenvalue weighted by Crippen LogP contribution is 2.31. The minimum Gasteiger partial charge on any atom is -0.403 e. The maximum atomic E-state index is 13.5. The monoisotopic (exact) mass is 369 g/mol. The van der Waals surface area contributed by atoms with Crippen LogP contribution in [0.2, 0.25) is 0 Å². The molecule has 2 aromatic carbocycles. The van der Waals surface area contributed by atoms with Crippen molar-refractivity contribution in [3.63, 3.8) is 0 Å². The molecule has 10 heteroatoms. The van der Waals surface area contributed by atoms with Crippen LogP contribution in [0.3, 0.4) is 0 Å². The number of hydrogen-bond acceptors (Lipinski definition) is 4. The smallest absolute Gasteiger partial charge is 0.403 e. The van der Waals surface area contributed by atoms with E-state index in [1.807, 2.05) is 5.32 Å². The molecule has 1 aromatic heterocycles. The first kappa shape index (κ1) is 17.5. The molecule has 134 valence electrons.